The number of ether oxygens (including phenoxy) is 1. The molecule has 0 spiro atoms. The van der Waals surface area contributed by atoms with E-state index < -0.39 is 27.9 Å². The second kappa shape index (κ2) is 8.58. The molecule has 0 bridgehead atoms. The first-order chi connectivity index (χ1) is 14.0. The fraction of sp³-hybridized carbons (Fsp3) is 0.300. The molecule has 160 valence electrons. The van der Waals surface area contributed by atoms with Crippen molar-refractivity contribution in [3.63, 3.8) is 0 Å². The third kappa shape index (κ3) is 6.41. The maximum absolute atomic E-state index is 12.8. The third-order valence-electron chi connectivity index (χ3n) is 3.92. The van der Waals surface area contributed by atoms with Gasteiger partial charge in [0.1, 0.15) is 11.6 Å². The molecule has 0 radical (unpaired) electrons. The first-order valence-corrected chi connectivity index (χ1v) is 11.4. The lowest BCUT2D eigenvalue weighted by Crippen LogP contribution is -2.38. The van der Waals surface area contributed by atoms with Crippen LogP contribution in [0.2, 0.25) is 0 Å². The van der Waals surface area contributed by atoms with Gasteiger partial charge in [0, 0.05) is 6.42 Å². The van der Waals surface area contributed by atoms with Crippen LogP contribution >= 0.6 is 11.3 Å². The van der Waals surface area contributed by atoms with E-state index in [0.29, 0.717) is 11.6 Å². The molecule has 3 aromatic rings. The van der Waals surface area contributed by atoms with Crippen LogP contribution in [-0.4, -0.2) is 35.6 Å². The largest absolute Gasteiger partial charge is 0.458 e. The molecule has 10 heteroatoms. The number of anilines is 2. The standard InChI is InChI=1S/C20H23N3O5S2/c1-20(2,3)28-18(24)16(22-19-21-15-6-4-5-7-17(15)29-19)12-13-8-10-14(11-9-13)23-30(25,26)27/h4-11,16,23H,12H2,1-3H3,(H,21,22)(H,25,26,27)/t16-/m0/s1. The van der Waals surface area contributed by atoms with Gasteiger partial charge in [0.05, 0.1) is 15.9 Å². The van der Waals surface area contributed by atoms with Crippen molar-refractivity contribution in [2.45, 2.75) is 38.8 Å². The van der Waals surface area contributed by atoms with E-state index in [0.717, 1.165) is 15.8 Å². The molecule has 0 saturated carbocycles. The van der Waals surface area contributed by atoms with Gasteiger partial charge in [-0.2, -0.15) is 8.42 Å². The Morgan fingerprint density at radius 1 is 1.17 bits per heavy atom. The molecule has 0 amide bonds. The minimum absolute atomic E-state index is 0.217. The molecule has 8 nitrogen and oxygen atoms in total. The quantitative estimate of drug-likeness (QED) is 0.370. The lowest BCUT2D eigenvalue weighted by molar-refractivity contribution is -0.155. The summed E-state index contributed by atoms with van der Waals surface area (Å²) in [7, 11) is -4.34. The number of nitrogens with one attached hydrogen (secondary N) is 2. The molecule has 30 heavy (non-hydrogen) atoms. The zero-order valence-corrected chi connectivity index (χ0v) is 18.4. The maximum atomic E-state index is 12.8. The number of fused-ring (bicyclic) bond motifs is 1. The van der Waals surface area contributed by atoms with Crippen molar-refractivity contribution in [3.8, 4) is 0 Å². The van der Waals surface area contributed by atoms with Gasteiger partial charge in [-0.05, 0) is 50.6 Å². The van der Waals surface area contributed by atoms with Gasteiger partial charge in [-0.3, -0.25) is 9.27 Å². The summed E-state index contributed by atoms with van der Waals surface area (Å²) in [6.45, 7) is 5.40. The Morgan fingerprint density at radius 3 is 2.43 bits per heavy atom. The number of benzene rings is 2. The van der Waals surface area contributed by atoms with E-state index in [1.165, 1.54) is 23.5 Å². The molecule has 1 aromatic heterocycles. The minimum Gasteiger partial charge on any atom is -0.458 e. The highest BCUT2D eigenvalue weighted by molar-refractivity contribution is 7.87. The van der Waals surface area contributed by atoms with E-state index in [2.05, 4.69) is 10.3 Å². The van der Waals surface area contributed by atoms with E-state index in [4.69, 9.17) is 9.29 Å². The highest BCUT2D eigenvalue weighted by Crippen LogP contribution is 2.27. The number of esters is 1. The first-order valence-electron chi connectivity index (χ1n) is 9.18. The van der Waals surface area contributed by atoms with E-state index in [9.17, 15) is 13.2 Å². The monoisotopic (exact) mass is 449 g/mol. The molecule has 0 aliphatic carbocycles. The Kier molecular flexibility index (Phi) is 6.30. The van der Waals surface area contributed by atoms with E-state index in [1.54, 1.807) is 32.9 Å². The van der Waals surface area contributed by atoms with Crippen LogP contribution in [0.1, 0.15) is 26.3 Å². The van der Waals surface area contributed by atoms with Crippen LogP contribution in [0.4, 0.5) is 10.8 Å². The van der Waals surface area contributed by atoms with Gasteiger partial charge in [-0.1, -0.05) is 35.6 Å². The van der Waals surface area contributed by atoms with Crippen LogP contribution in [-0.2, 0) is 26.3 Å². The number of para-hydroxylation sites is 1. The maximum Gasteiger partial charge on any atom is 0.357 e. The van der Waals surface area contributed by atoms with Crippen molar-refractivity contribution in [2.24, 2.45) is 0 Å². The molecular formula is C20H23N3O5S2. The number of rotatable bonds is 7. The van der Waals surface area contributed by atoms with Crippen LogP contribution in [0.15, 0.2) is 48.5 Å². The average Bonchev–Trinajstić information content (AvgIpc) is 3.02. The summed E-state index contributed by atoms with van der Waals surface area (Å²) in [5.41, 5.74) is 1.19. The number of carbonyl (C=O) groups is 1. The summed E-state index contributed by atoms with van der Waals surface area (Å²) in [5.74, 6) is -0.415. The Morgan fingerprint density at radius 2 is 1.83 bits per heavy atom. The molecule has 0 aliphatic rings. The molecule has 1 heterocycles. The van der Waals surface area contributed by atoms with Crippen LogP contribution in [0, 0.1) is 0 Å². The Hall–Kier alpha value is -2.69. The van der Waals surface area contributed by atoms with Crippen LogP contribution in [0.5, 0.6) is 0 Å². The Bertz CT molecular complexity index is 1100. The average molecular weight is 450 g/mol. The smallest absolute Gasteiger partial charge is 0.357 e. The van der Waals surface area contributed by atoms with Gasteiger partial charge in [0.2, 0.25) is 0 Å². The zero-order chi connectivity index (χ0) is 21.9. The number of carbonyl (C=O) groups excluding carboxylic acids is 1. The molecule has 0 fully saturated rings. The molecular weight excluding hydrogens is 426 g/mol. The highest BCUT2D eigenvalue weighted by Gasteiger charge is 2.26. The van der Waals surface area contributed by atoms with Gasteiger partial charge >= 0.3 is 16.3 Å². The minimum atomic E-state index is -4.34. The summed E-state index contributed by atoms with van der Waals surface area (Å²) in [6, 6.07) is 13.4. The van der Waals surface area contributed by atoms with Crippen LogP contribution in [0.3, 0.4) is 0 Å². The Balaban J connectivity index is 1.81. The van der Waals surface area contributed by atoms with Gasteiger partial charge in [0.25, 0.3) is 0 Å². The Labute approximate surface area is 179 Å². The fourth-order valence-corrected chi connectivity index (χ4v) is 4.09. The predicted octanol–water partition coefficient (Wildman–Crippen LogP) is 3.88. The molecule has 0 saturated heterocycles. The van der Waals surface area contributed by atoms with Crippen molar-refractivity contribution in [2.75, 3.05) is 10.0 Å². The van der Waals surface area contributed by atoms with Crippen molar-refractivity contribution in [3.05, 3.63) is 54.1 Å². The molecule has 3 rings (SSSR count). The molecule has 1 atom stereocenters. The van der Waals surface area contributed by atoms with Crippen molar-refractivity contribution < 1.29 is 22.5 Å². The first kappa shape index (κ1) is 22.0. The summed E-state index contributed by atoms with van der Waals surface area (Å²) in [4.78, 5) is 17.3. The number of hydrogen-bond acceptors (Lipinski definition) is 7. The summed E-state index contributed by atoms with van der Waals surface area (Å²) < 4.78 is 39.3. The van der Waals surface area contributed by atoms with Gasteiger partial charge in [-0.15, -0.1) is 0 Å². The summed E-state index contributed by atoms with van der Waals surface area (Å²) >= 11 is 1.45. The molecule has 3 N–H and O–H groups in total. The van der Waals surface area contributed by atoms with E-state index in [1.807, 2.05) is 29.0 Å². The second-order valence-electron chi connectivity index (χ2n) is 7.70. The molecule has 2 aromatic carbocycles. The number of nitrogens with zero attached hydrogens (tertiary/aromatic N) is 1. The van der Waals surface area contributed by atoms with Crippen LogP contribution in [0.25, 0.3) is 10.2 Å². The summed E-state index contributed by atoms with van der Waals surface area (Å²) in [5, 5.41) is 3.78. The van der Waals surface area contributed by atoms with Crippen molar-refractivity contribution in [1.29, 1.82) is 0 Å². The van der Waals surface area contributed by atoms with Crippen molar-refractivity contribution >= 4 is 48.6 Å². The number of thiazole rings is 1. The number of hydrogen-bond donors (Lipinski definition) is 3. The fourth-order valence-electron chi connectivity index (χ4n) is 2.74. The van der Waals surface area contributed by atoms with Gasteiger partial charge < -0.3 is 10.1 Å². The molecule has 0 unspecified atom stereocenters. The van der Waals surface area contributed by atoms with E-state index >= 15 is 0 Å². The van der Waals surface area contributed by atoms with Gasteiger partial charge in [0.15, 0.2) is 5.13 Å². The van der Waals surface area contributed by atoms with E-state index in [-0.39, 0.29) is 5.69 Å². The lowest BCUT2D eigenvalue weighted by atomic mass is 10.1. The lowest BCUT2D eigenvalue weighted by Gasteiger charge is -2.24. The summed E-state index contributed by atoms with van der Waals surface area (Å²) in [6.07, 6.45) is 0.303. The zero-order valence-electron chi connectivity index (χ0n) is 16.7. The second-order valence-corrected chi connectivity index (χ2v) is 9.88. The SMILES string of the molecule is CC(C)(C)OC(=O)[C@H](Cc1ccc(NS(=O)(=O)O)cc1)Nc1nc2ccccc2s1. The molecule has 0 aliphatic heterocycles. The predicted molar refractivity (Wildman–Crippen MR) is 118 cm³/mol. The van der Waals surface area contributed by atoms with Crippen LogP contribution < -0.4 is 10.0 Å². The number of aromatic nitrogens is 1. The van der Waals surface area contributed by atoms with Crippen molar-refractivity contribution in [1.82, 2.24) is 4.98 Å². The topological polar surface area (TPSA) is 118 Å². The van der Waals surface area contributed by atoms with Gasteiger partial charge in [-0.25, -0.2) is 9.78 Å². The third-order valence-corrected chi connectivity index (χ3v) is 5.38. The normalized spacial score (nSPS) is 13.1. The highest BCUT2D eigenvalue weighted by atomic mass is 32.2.